The van der Waals surface area contributed by atoms with Gasteiger partial charge in [0.1, 0.15) is 0 Å². The van der Waals surface area contributed by atoms with Crippen LogP contribution in [0, 0.1) is 0 Å². The molecule has 2 amide bonds. The second-order valence-corrected chi connectivity index (χ2v) is 11.6. The summed E-state index contributed by atoms with van der Waals surface area (Å²) >= 11 is 0. The minimum Gasteiger partial charge on any atom is -0.356 e. The van der Waals surface area contributed by atoms with Crippen LogP contribution in [0.5, 0.6) is 0 Å². The van der Waals surface area contributed by atoms with Gasteiger partial charge >= 0.3 is 0 Å². The van der Waals surface area contributed by atoms with Crippen LogP contribution in [0.2, 0.25) is 0 Å². The minimum atomic E-state index is -1.55. The van der Waals surface area contributed by atoms with Gasteiger partial charge in [0.15, 0.2) is 0 Å². The summed E-state index contributed by atoms with van der Waals surface area (Å²) in [5.74, 6) is 9.74. The van der Waals surface area contributed by atoms with Crippen molar-refractivity contribution in [1.82, 2.24) is 10.9 Å². The molecule has 7 nitrogen and oxygen atoms in total. The zero-order valence-corrected chi connectivity index (χ0v) is 26.0. The van der Waals surface area contributed by atoms with Crippen molar-refractivity contribution in [2.75, 3.05) is 6.61 Å². The Morgan fingerprint density at radius 3 is 1.48 bits per heavy atom. The highest BCUT2D eigenvalue weighted by atomic mass is 16.5. The Hall–Kier alpha value is -4.82. The van der Waals surface area contributed by atoms with E-state index in [0.29, 0.717) is 24.9 Å². The largest absolute Gasteiger partial charge is 0.356 e. The molecule has 2 unspecified atom stereocenters. The van der Waals surface area contributed by atoms with Gasteiger partial charge in [-0.3, -0.25) is 20.4 Å². The van der Waals surface area contributed by atoms with Gasteiger partial charge in [-0.25, -0.2) is 11.7 Å². The normalized spacial score (nSPS) is 18.1. The van der Waals surface area contributed by atoms with E-state index < -0.39 is 17.4 Å². The molecule has 1 saturated heterocycles. The third-order valence-electron chi connectivity index (χ3n) is 8.67. The number of allylic oxidation sites excluding steroid dienone is 2. The molecule has 7 rings (SSSR count). The molecule has 7 heteroatoms. The third kappa shape index (κ3) is 7.87. The molecule has 1 aliphatic heterocycles. The Labute approximate surface area is 271 Å². The smallest absolute Gasteiger partial charge is 0.276 e. The van der Waals surface area contributed by atoms with Crippen LogP contribution in [0.15, 0.2) is 121 Å². The Morgan fingerprint density at radius 2 is 1.07 bits per heavy atom. The lowest BCUT2D eigenvalue weighted by Gasteiger charge is -2.32. The van der Waals surface area contributed by atoms with Crippen molar-refractivity contribution < 1.29 is 14.3 Å². The highest BCUT2D eigenvalue weighted by molar-refractivity contribution is 6.08. The molecule has 3 aliphatic rings. The highest BCUT2D eigenvalue weighted by Crippen LogP contribution is 2.33. The summed E-state index contributed by atoms with van der Waals surface area (Å²) in [5, 5.41) is 0. The highest BCUT2D eigenvalue weighted by Gasteiger charge is 2.47. The first-order valence-corrected chi connectivity index (χ1v) is 15.8. The molecule has 46 heavy (non-hydrogen) atoms. The van der Waals surface area contributed by atoms with Crippen LogP contribution in [0.25, 0.3) is 12.2 Å². The van der Waals surface area contributed by atoms with E-state index >= 15 is 0 Å². The Morgan fingerprint density at radius 1 is 0.630 bits per heavy atom. The fraction of sp³-hybridized carbons (Fsp3) is 0.231. The average molecular weight is 615 g/mol. The van der Waals surface area contributed by atoms with Gasteiger partial charge in [-0.15, -0.1) is 0 Å². The molecule has 0 spiro atoms. The average Bonchev–Trinajstić information content (AvgIpc) is 3.73. The van der Waals surface area contributed by atoms with E-state index in [1.807, 2.05) is 10.9 Å². The summed E-state index contributed by atoms with van der Waals surface area (Å²) in [4.78, 5) is 22.8. The first kappa shape index (κ1) is 32.6. The van der Waals surface area contributed by atoms with E-state index in [4.69, 9.17) is 16.4 Å². The SMILES string of the molecule is C1=CC(Cc2ccccc2)c2ccccc21.C1=CC(Cc2ccccc2)c2ccccc21.NNC(=O)C1(C(=O)NN)CCCCO1. The van der Waals surface area contributed by atoms with Crippen molar-refractivity contribution in [2.45, 2.75) is 49.5 Å². The Bertz CT molecular complexity index is 1530. The van der Waals surface area contributed by atoms with E-state index in [0.717, 1.165) is 25.7 Å². The molecule has 0 radical (unpaired) electrons. The van der Waals surface area contributed by atoms with Crippen LogP contribution < -0.4 is 22.5 Å². The van der Waals surface area contributed by atoms with Crippen LogP contribution in [-0.2, 0) is 27.2 Å². The van der Waals surface area contributed by atoms with Crippen molar-refractivity contribution >= 4 is 24.0 Å². The molecule has 2 atom stereocenters. The van der Waals surface area contributed by atoms with Crippen LogP contribution in [-0.4, -0.2) is 24.0 Å². The van der Waals surface area contributed by atoms with E-state index in [2.05, 4.69) is 133 Å². The molecular formula is C39H42N4O3. The number of hydrazine groups is 2. The molecule has 2 aliphatic carbocycles. The molecule has 236 valence electrons. The van der Waals surface area contributed by atoms with Crippen LogP contribution in [0.4, 0.5) is 0 Å². The summed E-state index contributed by atoms with van der Waals surface area (Å²) in [6, 6.07) is 38.7. The van der Waals surface area contributed by atoms with Crippen molar-refractivity contribution in [3.05, 3.63) is 155 Å². The summed E-state index contributed by atoms with van der Waals surface area (Å²) in [6.07, 6.45) is 13.2. The number of hydrogen-bond donors (Lipinski definition) is 4. The number of ether oxygens (including phenoxy) is 1. The van der Waals surface area contributed by atoms with Crippen LogP contribution in [0.1, 0.15) is 64.5 Å². The first-order valence-electron chi connectivity index (χ1n) is 15.8. The number of amides is 2. The molecule has 0 saturated carbocycles. The number of carbonyl (C=O) groups excluding carboxylic acids is 2. The van der Waals surface area contributed by atoms with Crippen molar-refractivity contribution in [3.8, 4) is 0 Å². The fourth-order valence-corrected chi connectivity index (χ4v) is 6.23. The monoisotopic (exact) mass is 614 g/mol. The predicted molar refractivity (Wildman–Crippen MR) is 184 cm³/mol. The zero-order valence-electron chi connectivity index (χ0n) is 26.0. The summed E-state index contributed by atoms with van der Waals surface area (Å²) in [5.41, 5.74) is 10.8. The topological polar surface area (TPSA) is 119 Å². The van der Waals surface area contributed by atoms with E-state index in [9.17, 15) is 9.59 Å². The number of rotatable bonds is 6. The molecule has 1 fully saturated rings. The Balaban J connectivity index is 0.000000136. The lowest BCUT2D eigenvalue weighted by Crippen LogP contribution is -2.62. The van der Waals surface area contributed by atoms with Crippen LogP contribution in [0.3, 0.4) is 0 Å². The van der Waals surface area contributed by atoms with Crippen molar-refractivity contribution in [3.63, 3.8) is 0 Å². The van der Waals surface area contributed by atoms with E-state index in [1.54, 1.807) is 0 Å². The van der Waals surface area contributed by atoms with E-state index in [-0.39, 0.29) is 0 Å². The molecular weight excluding hydrogens is 572 g/mol. The number of carbonyl (C=O) groups is 2. The van der Waals surface area contributed by atoms with Gasteiger partial charge in [-0.05, 0) is 65.5 Å². The first-order chi connectivity index (χ1) is 22.5. The maximum atomic E-state index is 11.4. The lowest BCUT2D eigenvalue weighted by molar-refractivity contribution is -0.167. The Kier molecular flexibility index (Phi) is 11.3. The number of hydrogen-bond acceptors (Lipinski definition) is 5. The number of fused-ring (bicyclic) bond motifs is 2. The van der Waals surface area contributed by atoms with Gasteiger partial charge < -0.3 is 4.74 Å². The second-order valence-electron chi connectivity index (χ2n) is 11.6. The van der Waals surface area contributed by atoms with Gasteiger partial charge in [0.2, 0.25) is 5.60 Å². The minimum absolute atomic E-state index is 0.291. The fourth-order valence-electron chi connectivity index (χ4n) is 6.23. The molecule has 4 aromatic carbocycles. The predicted octanol–water partition coefficient (Wildman–Crippen LogP) is 5.98. The van der Waals surface area contributed by atoms with E-state index in [1.165, 1.54) is 33.4 Å². The van der Waals surface area contributed by atoms with Crippen LogP contribution >= 0.6 is 0 Å². The molecule has 0 aromatic heterocycles. The van der Waals surface area contributed by atoms with Gasteiger partial charge in [0.25, 0.3) is 11.8 Å². The van der Waals surface area contributed by atoms with Crippen molar-refractivity contribution in [2.24, 2.45) is 11.7 Å². The number of nitrogens with two attached hydrogens (primary N) is 2. The summed E-state index contributed by atoms with van der Waals surface area (Å²) < 4.78 is 5.19. The van der Waals surface area contributed by atoms with Gasteiger partial charge in [-0.2, -0.15) is 0 Å². The van der Waals surface area contributed by atoms with Gasteiger partial charge in [-0.1, -0.05) is 133 Å². The summed E-state index contributed by atoms with van der Waals surface area (Å²) in [7, 11) is 0. The summed E-state index contributed by atoms with van der Waals surface area (Å²) in [6.45, 7) is 0.348. The quantitative estimate of drug-likeness (QED) is 0.0922. The maximum Gasteiger partial charge on any atom is 0.276 e. The number of benzene rings is 4. The van der Waals surface area contributed by atoms with Crippen molar-refractivity contribution in [1.29, 1.82) is 0 Å². The van der Waals surface area contributed by atoms with Gasteiger partial charge in [0, 0.05) is 18.4 Å². The molecule has 0 bridgehead atoms. The lowest BCUT2D eigenvalue weighted by atomic mass is 9.92. The standard InChI is InChI=1S/2C16H14.C7H14N4O3/c2*1-2-6-13(7-3-1)12-15-11-10-14-8-4-5-9-16(14)15;8-10-5(12)7(6(13)11-9)3-1-2-4-14-7/h2*1-11,15H,12H2;1-4,8-9H2,(H,10,12)(H,11,13). The third-order valence-corrected chi connectivity index (χ3v) is 8.67. The second kappa shape index (κ2) is 16.0. The molecule has 4 aromatic rings. The maximum absolute atomic E-state index is 11.4. The van der Waals surface area contributed by atoms with Gasteiger partial charge in [0.05, 0.1) is 0 Å². The number of nitrogens with one attached hydrogen (secondary N) is 2. The zero-order chi connectivity index (χ0) is 32.2. The molecule has 6 N–H and O–H groups in total. The molecule has 1 heterocycles.